The lowest BCUT2D eigenvalue weighted by Gasteiger charge is -2.05. The molecule has 1 rings (SSSR count). The average molecular weight is 163 g/mol. The van der Waals surface area contributed by atoms with Crippen molar-refractivity contribution in [3.8, 4) is 0 Å². The normalized spacial score (nSPS) is 17.0. The standard InChI is InChI=1S/C6H12.C2H3ClO/c1-2-4-6-5-3-1;1-2(3)4/h1-6H2;1H3. The Morgan fingerprint density at radius 1 is 1.00 bits per heavy atom. The lowest BCUT2D eigenvalue weighted by atomic mass is 10.0. The second-order valence-electron chi connectivity index (χ2n) is 2.59. The first-order chi connectivity index (χ1) is 4.73. The Morgan fingerprint density at radius 3 is 1.20 bits per heavy atom. The highest BCUT2D eigenvalue weighted by atomic mass is 35.5. The van der Waals surface area contributed by atoms with Crippen LogP contribution >= 0.6 is 11.6 Å². The van der Waals surface area contributed by atoms with Crippen LogP contribution in [-0.4, -0.2) is 5.24 Å². The van der Waals surface area contributed by atoms with E-state index in [1.807, 2.05) is 0 Å². The summed E-state index contributed by atoms with van der Waals surface area (Å²) in [6.07, 6.45) is 9.00. The third kappa shape index (κ3) is 10.9. The lowest BCUT2D eigenvalue weighted by Crippen LogP contribution is -1.85. The van der Waals surface area contributed by atoms with Crippen molar-refractivity contribution >= 4 is 16.8 Å². The van der Waals surface area contributed by atoms with Crippen LogP contribution in [0.2, 0.25) is 0 Å². The predicted molar refractivity (Wildman–Crippen MR) is 44.2 cm³/mol. The summed E-state index contributed by atoms with van der Waals surface area (Å²) in [4.78, 5) is 9.21. The molecule has 1 fully saturated rings. The van der Waals surface area contributed by atoms with Crippen LogP contribution in [0.25, 0.3) is 0 Å². The van der Waals surface area contributed by atoms with Crippen LogP contribution in [0.1, 0.15) is 45.4 Å². The van der Waals surface area contributed by atoms with E-state index in [0.717, 1.165) is 0 Å². The Balaban J connectivity index is 0.000000180. The highest BCUT2D eigenvalue weighted by molar-refractivity contribution is 6.62. The van der Waals surface area contributed by atoms with Gasteiger partial charge in [0.25, 0.3) is 0 Å². The van der Waals surface area contributed by atoms with E-state index >= 15 is 0 Å². The maximum atomic E-state index is 9.21. The molecule has 0 N–H and O–H groups in total. The molecular formula is C8H15ClO. The molecule has 2 heteroatoms. The van der Waals surface area contributed by atoms with E-state index in [2.05, 4.69) is 11.6 Å². The van der Waals surface area contributed by atoms with Gasteiger partial charge in [-0.15, -0.1) is 0 Å². The molecule has 0 amide bonds. The fourth-order valence-electron chi connectivity index (χ4n) is 1.06. The van der Waals surface area contributed by atoms with E-state index in [1.54, 1.807) is 0 Å². The topological polar surface area (TPSA) is 17.1 Å². The van der Waals surface area contributed by atoms with E-state index < -0.39 is 0 Å². The molecule has 60 valence electrons. The molecule has 1 aliphatic rings. The maximum absolute atomic E-state index is 9.21. The van der Waals surface area contributed by atoms with Gasteiger partial charge < -0.3 is 0 Å². The molecular weight excluding hydrogens is 148 g/mol. The summed E-state index contributed by atoms with van der Waals surface area (Å²) in [5.41, 5.74) is 0. The van der Waals surface area contributed by atoms with Crippen molar-refractivity contribution in [3.63, 3.8) is 0 Å². The van der Waals surface area contributed by atoms with Crippen molar-refractivity contribution in [2.45, 2.75) is 45.4 Å². The van der Waals surface area contributed by atoms with E-state index in [1.165, 1.54) is 45.4 Å². The van der Waals surface area contributed by atoms with Crippen LogP contribution in [0.4, 0.5) is 0 Å². The fraction of sp³-hybridized carbons (Fsp3) is 0.875. The van der Waals surface area contributed by atoms with E-state index in [0.29, 0.717) is 0 Å². The maximum Gasteiger partial charge on any atom is 0.218 e. The van der Waals surface area contributed by atoms with Crippen molar-refractivity contribution in [2.24, 2.45) is 0 Å². The van der Waals surface area contributed by atoms with Gasteiger partial charge in [-0.1, -0.05) is 38.5 Å². The fourth-order valence-corrected chi connectivity index (χ4v) is 1.06. The summed E-state index contributed by atoms with van der Waals surface area (Å²) >= 11 is 4.64. The molecule has 1 nitrogen and oxygen atoms in total. The molecule has 1 aliphatic carbocycles. The van der Waals surface area contributed by atoms with Crippen molar-refractivity contribution in [1.29, 1.82) is 0 Å². The number of carbonyl (C=O) groups is 1. The molecule has 0 heterocycles. The summed E-state index contributed by atoms with van der Waals surface area (Å²) < 4.78 is 0. The molecule has 0 bridgehead atoms. The first-order valence-electron chi connectivity index (χ1n) is 3.89. The van der Waals surface area contributed by atoms with Crippen LogP contribution in [0, 0.1) is 0 Å². The van der Waals surface area contributed by atoms with Gasteiger partial charge in [0.05, 0.1) is 0 Å². The van der Waals surface area contributed by atoms with Crippen LogP contribution in [0.3, 0.4) is 0 Å². The van der Waals surface area contributed by atoms with Gasteiger partial charge in [0.15, 0.2) is 0 Å². The molecule has 0 atom stereocenters. The molecule has 0 aromatic heterocycles. The molecule has 0 radical (unpaired) electrons. The summed E-state index contributed by atoms with van der Waals surface area (Å²) in [5, 5.41) is -0.361. The third-order valence-corrected chi connectivity index (χ3v) is 1.50. The van der Waals surface area contributed by atoms with Gasteiger partial charge >= 0.3 is 0 Å². The van der Waals surface area contributed by atoms with Gasteiger partial charge in [-0.05, 0) is 11.6 Å². The smallest absolute Gasteiger partial charge is 0.218 e. The molecule has 0 aromatic carbocycles. The van der Waals surface area contributed by atoms with Crippen molar-refractivity contribution in [3.05, 3.63) is 0 Å². The Bertz CT molecular complexity index is 71.7. The third-order valence-electron chi connectivity index (χ3n) is 1.50. The first kappa shape index (κ1) is 9.96. The molecule has 1 saturated carbocycles. The highest BCUT2D eigenvalue weighted by Gasteiger charge is 1.95. The minimum Gasteiger partial charge on any atom is -0.282 e. The van der Waals surface area contributed by atoms with Crippen LogP contribution < -0.4 is 0 Å². The Kier molecular flexibility index (Phi) is 7.04. The Morgan fingerprint density at radius 2 is 1.10 bits per heavy atom. The summed E-state index contributed by atoms with van der Waals surface area (Å²) in [6, 6.07) is 0. The monoisotopic (exact) mass is 162 g/mol. The SMILES string of the molecule is C1CCCCC1.CC(=O)Cl. The molecule has 0 aromatic rings. The van der Waals surface area contributed by atoms with Crippen LogP contribution in [-0.2, 0) is 4.79 Å². The van der Waals surface area contributed by atoms with Gasteiger partial charge in [0, 0.05) is 6.92 Å². The molecule has 0 spiro atoms. The molecule has 0 saturated heterocycles. The zero-order valence-electron chi connectivity index (χ0n) is 6.53. The van der Waals surface area contributed by atoms with Crippen LogP contribution in [0.15, 0.2) is 0 Å². The number of hydrogen-bond donors (Lipinski definition) is 0. The second-order valence-corrected chi connectivity index (χ2v) is 3.12. The summed E-state index contributed by atoms with van der Waals surface area (Å²) in [6.45, 7) is 1.29. The minimum absolute atomic E-state index is 0.361. The minimum atomic E-state index is -0.361. The zero-order valence-corrected chi connectivity index (χ0v) is 7.28. The number of halogens is 1. The quantitative estimate of drug-likeness (QED) is 0.501. The van der Waals surface area contributed by atoms with E-state index in [9.17, 15) is 4.79 Å². The summed E-state index contributed by atoms with van der Waals surface area (Å²) in [5.74, 6) is 0. The summed E-state index contributed by atoms with van der Waals surface area (Å²) in [7, 11) is 0. The number of rotatable bonds is 0. The molecule has 10 heavy (non-hydrogen) atoms. The van der Waals surface area contributed by atoms with E-state index in [-0.39, 0.29) is 5.24 Å². The Labute approximate surface area is 67.8 Å². The Hall–Kier alpha value is -0.0400. The van der Waals surface area contributed by atoms with Crippen molar-refractivity contribution < 1.29 is 4.79 Å². The zero-order chi connectivity index (χ0) is 7.82. The van der Waals surface area contributed by atoms with Gasteiger partial charge in [-0.2, -0.15) is 0 Å². The second kappa shape index (κ2) is 7.07. The van der Waals surface area contributed by atoms with Crippen LogP contribution in [0.5, 0.6) is 0 Å². The average Bonchev–Trinajstić information content (AvgIpc) is 1.90. The van der Waals surface area contributed by atoms with E-state index in [4.69, 9.17) is 0 Å². The lowest BCUT2D eigenvalue weighted by molar-refractivity contribution is -0.109. The van der Waals surface area contributed by atoms with Crippen molar-refractivity contribution in [2.75, 3.05) is 0 Å². The predicted octanol–water partition coefficient (Wildman–Crippen LogP) is 3.11. The molecule has 0 unspecified atom stereocenters. The number of hydrogen-bond acceptors (Lipinski definition) is 1. The first-order valence-corrected chi connectivity index (χ1v) is 4.27. The highest BCUT2D eigenvalue weighted by Crippen LogP contribution is 2.15. The van der Waals surface area contributed by atoms with Crippen molar-refractivity contribution in [1.82, 2.24) is 0 Å². The van der Waals surface area contributed by atoms with Gasteiger partial charge in [-0.25, -0.2) is 0 Å². The largest absolute Gasteiger partial charge is 0.282 e. The van der Waals surface area contributed by atoms with Gasteiger partial charge in [0.1, 0.15) is 0 Å². The van der Waals surface area contributed by atoms with Gasteiger partial charge in [0.2, 0.25) is 5.24 Å². The molecule has 0 aliphatic heterocycles. The number of carbonyl (C=O) groups excluding carboxylic acids is 1. The van der Waals surface area contributed by atoms with Gasteiger partial charge in [-0.3, -0.25) is 4.79 Å².